The maximum atomic E-state index is 14.2. The third-order valence-corrected chi connectivity index (χ3v) is 6.74. The Labute approximate surface area is 240 Å². The van der Waals surface area contributed by atoms with Gasteiger partial charge in [0.1, 0.15) is 24.0 Å². The summed E-state index contributed by atoms with van der Waals surface area (Å²) in [5, 5.41) is 6.52. The number of fused-ring (bicyclic) bond motifs is 1. The molecule has 0 radical (unpaired) electrons. The van der Waals surface area contributed by atoms with Gasteiger partial charge in [0.15, 0.2) is 5.69 Å². The number of alkyl halides is 3. The number of amides is 2. The van der Waals surface area contributed by atoms with E-state index in [0.29, 0.717) is 12.6 Å². The average Bonchev–Trinajstić information content (AvgIpc) is 3.31. The van der Waals surface area contributed by atoms with E-state index in [1.807, 2.05) is 0 Å². The number of aliphatic imine (C=N–C) groups is 1. The second kappa shape index (κ2) is 11.8. The maximum Gasteiger partial charge on any atom is 0.435 e. The van der Waals surface area contributed by atoms with E-state index in [-0.39, 0.29) is 58.7 Å². The van der Waals surface area contributed by atoms with Crippen LogP contribution in [0.5, 0.6) is 0 Å². The molecule has 14 heteroatoms. The number of hydrogen-bond acceptors (Lipinski definition) is 5. The Hall–Kier alpha value is -4.85. The van der Waals surface area contributed by atoms with Crippen LogP contribution in [0.3, 0.4) is 0 Å². The molecule has 222 valence electrons. The number of nitrogens with two attached hydrogens (primary N) is 1. The van der Waals surface area contributed by atoms with E-state index in [4.69, 9.17) is 5.73 Å². The van der Waals surface area contributed by atoms with Gasteiger partial charge in [0.2, 0.25) is 0 Å². The lowest BCUT2D eigenvalue weighted by atomic mass is 9.96. The Bertz CT molecular complexity index is 1740. The van der Waals surface area contributed by atoms with Crippen LogP contribution in [0.25, 0.3) is 11.1 Å². The summed E-state index contributed by atoms with van der Waals surface area (Å²) in [6, 6.07) is 9.33. The lowest BCUT2D eigenvalue weighted by molar-refractivity contribution is -0.142. The summed E-state index contributed by atoms with van der Waals surface area (Å²) < 4.78 is 84.1. The lowest BCUT2D eigenvalue weighted by Crippen LogP contribution is -2.26. The number of halogens is 6. The summed E-state index contributed by atoms with van der Waals surface area (Å²) in [4.78, 5) is 33.5. The molecule has 3 N–H and O–H groups in total. The number of nitrogens with zero attached hydrogens (tertiary/aromatic N) is 4. The van der Waals surface area contributed by atoms with Gasteiger partial charge in [-0.2, -0.15) is 18.3 Å². The summed E-state index contributed by atoms with van der Waals surface area (Å²) >= 11 is 0. The number of primary amides is 1. The minimum atomic E-state index is -4.74. The van der Waals surface area contributed by atoms with E-state index in [9.17, 15) is 35.9 Å². The first-order valence-corrected chi connectivity index (χ1v) is 12.9. The molecule has 2 amide bonds. The lowest BCUT2D eigenvalue weighted by Gasteiger charge is -2.16. The van der Waals surface area contributed by atoms with Gasteiger partial charge in [-0.05, 0) is 41.5 Å². The highest BCUT2D eigenvalue weighted by Crippen LogP contribution is 2.34. The van der Waals surface area contributed by atoms with Gasteiger partial charge in [-0.1, -0.05) is 12.1 Å². The fraction of sp³-hybridized carbons (Fsp3) is 0.207. The summed E-state index contributed by atoms with van der Waals surface area (Å²) in [5.41, 5.74) is 4.55. The second-order valence-corrected chi connectivity index (χ2v) is 9.72. The number of carbonyl (C=O) groups is 2. The Morgan fingerprint density at radius 1 is 1.05 bits per heavy atom. The normalized spacial score (nSPS) is 13.6. The van der Waals surface area contributed by atoms with E-state index in [0.717, 1.165) is 22.9 Å². The molecule has 1 aliphatic heterocycles. The largest absolute Gasteiger partial charge is 0.435 e. The zero-order valence-corrected chi connectivity index (χ0v) is 22.2. The molecule has 1 aliphatic rings. The SMILES string of the molecule is NC(=O)c1cc(-c2cccnc2C(Cc2cc(F)cc(F)c2)=NC(=O)Cn2nc(C(F)(F)F)c3c2CCNC3)ccc1F. The van der Waals surface area contributed by atoms with Crippen molar-refractivity contribution in [2.24, 2.45) is 10.7 Å². The van der Waals surface area contributed by atoms with Crippen LogP contribution >= 0.6 is 0 Å². The molecule has 4 aromatic rings. The second-order valence-electron chi connectivity index (χ2n) is 9.72. The maximum absolute atomic E-state index is 14.2. The molecule has 3 heterocycles. The fourth-order valence-electron chi connectivity index (χ4n) is 4.92. The van der Waals surface area contributed by atoms with Crippen molar-refractivity contribution in [2.45, 2.75) is 32.1 Å². The third-order valence-electron chi connectivity index (χ3n) is 6.74. The molecule has 0 saturated heterocycles. The standard InChI is InChI=1S/C29H22F6N6O2/c30-17-8-15(9-18(31)12-17)10-23(26-19(2-1-6-38-26)16-3-4-22(32)20(11-16)28(36)43)39-25(42)14-41-24-5-7-37-13-21(24)27(40-41)29(33,34)35/h1-4,6,8-9,11-12,37H,5,7,10,13-14H2,(H2,36,43). The van der Waals surface area contributed by atoms with E-state index in [2.05, 4.69) is 20.4 Å². The molecule has 0 saturated carbocycles. The fourth-order valence-corrected chi connectivity index (χ4v) is 4.92. The monoisotopic (exact) mass is 600 g/mol. The molecular weight excluding hydrogens is 578 g/mol. The van der Waals surface area contributed by atoms with Gasteiger partial charge in [-0.25, -0.2) is 18.2 Å². The highest BCUT2D eigenvalue weighted by atomic mass is 19.4. The number of benzene rings is 2. The van der Waals surface area contributed by atoms with E-state index >= 15 is 0 Å². The van der Waals surface area contributed by atoms with Crippen LogP contribution in [0.2, 0.25) is 0 Å². The van der Waals surface area contributed by atoms with Crippen LogP contribution in [-0.2, 0) is 36.9 Å². The highest BCUT2D eigenvalue weighted by Gasteiger charge is 2.39. The minimum Gasteiger partial charge on any atom is -0.366 e. The van der Waals surface area contributed by atoms with E-state index in [1.54, 1.807) is 6.07 Å². The van der Waals surface area contributed by atoms with E-state index < -0.39 is 53.2 Å². The first kappa shape index (κ1) is 29.6. The van der Waals surface area contributed by atoms with Crippen LogP contribution < -0.4 is 11.1 Å². The molecule has 0 unspecified atom stereocenters. The van der Waals surface area contributed by atoms with Gasteiger partial charge in [0.05, 0.1) is 17.0 Å². The first-order valence-electron chi connectivity index (χ1n) is 12.9. The van der Waals surface area contributed by atoms with Crippen molar-refractivity contribution in [3.05, 3.63) is 106 Å². The number of nitrogens with one attached hydrogen (secondary N) is 1. The van der Waals surface area contributed by atoms with Crippen LogP contribution in [-0.4, -0.2) is 38.8 Å². The van der Waals surface area contributed by atoms with Crippen molar-refractivity contribution in [3.8, 4) is 11.1 Å². The Balaban J connectivity index is 1.59. The predicted octanol–water partition coefficient (Wildman–Crippen LogP) is 4.38. The molecule has 2 aromatic heterocycles. The molecule has 0 fully saturated rings. The average molecular weight is 601 g/mol. The molecule has 0 spiro atoms. The number of hydrogen-bond donors (Lipinski definition) is 2. The van der Waals surface area contributed by atoms with Crippen molar-refractivity contribution < 1.29 is 35.9 Å². The Morgan fingerprint density at radius 3 is 2.49 bits per heavy atom. The third kappa shape index (κ3) is 6.48. The molecule has 2 aromatic carbocycles. The van der Waals surface area contributed by atoms with Crippen molar-refractivity contribution in [1.29, 1.82) is 0 Å². The van der Waals surface area contributed by atoms with Gasteiger partial charge >= 0.3 is 6.18 Å². The number of aromatic nitrogens is 3. The van der Waals surface area contributed by atoms with Gasteiger partial charge < -0.3 is 11.1 Å². The first-order chi connectivity index (χ1) is 20.4. The zero-order valence-electron chi connectivity index (χ0n) is 22.2. The molecule has 0 bridgehead atoms. The molecule has 43 heavy (non-hydrogen) atoms. The molecular formula is C29H22F6N6O2. The quantitative estimate of drug-likeness (QED) is 0.241. The van der Waals surface area contributed by atoms with Crippen LogP contribution in [0.15, 0.2) is 59.7 Å². The summed E-state index contributed by atoms with van der Waals surface area (Å²) in [7, 11) is 0. The predicted molar refractivity (Wildman–Crippen MR) is 142 cm³/mol. The van der Waals surface area contributed by atoms with Gasteiger partial charge in [-0.3, -0.25) is 19.3 Å². The smallest absolute Gasteiger partial charge is 0.366 e. The number of carbonyl (C=O) groups excluding carboxylic acids is 2. The molecule has 5 rings (SSSR count). The van der Waals surface area contributed by atoms with Crippen molar-refractivity contribution >= 4 is 17.5 Å². The zero-order chi connectivity index (χ0) is 30.9. The summed E-state index contributed by atoms with van der Waals surface area (Å²) in [6.07, 6.45) is -3.50. The Morgan fingerprint density at radius 2 is 1.79 bits per heavy atom. The number of pyridine rings is 1. The van der Waals surface area contributed by atoms with Crippen LogP contribution in [0.4, 0.5) is 26.3 Å². The molecule has 8 nitrogen and oxygen atoms in total. The van der Waals surface area contributed by atoms with Crippen molar-refractivity contribution in [1.82, 2.24) is 20.1 Å². The van der Waals surface area contributed by atoms with Gasteiger partial charge in [-0.15, -0.1) is 0 Å². The van der Waals surface area contributed by atoms with Crippen molar-refractivity contribution in [3.63, 3.8) is 0 Å². The van der Waals surface area contributed by atoms with Crippen molar-refractivity contribution in [2.75, 3.05) is 6.54 Å². The van der Waals surface area contributed by atoms with E-state index in [1.165, 1.54) is 24.4 Å². The summed E-state index contributed by atoms with van der Waals surface area (Å²) in [5.74, 6) is -4.57. The minimum absolute atomic E-state index is 0.0465. The Kier molecular flexibility index (Phi) is 8.13. The van der Waals surface area contributed by atoms with Crippen LogP contribution in [0, 0.1) is 17.5 Å². The van der Waals surface area contributed by atoms with Crippen LogP contribution in [0.1, 0.15) is 38.6 Å². The number of rotatable bonds is 7. The molecule has 0 aliphatic carbocycles. The van der Waals surface area contributed by atoms with Gasteiger partial charge in [0, 0.05) is 55.0 Å². The highest BCUT2D eigenvalue weighted by molar-refractivity contribution is 6.10. The van der Waals surface area contributed by atoms with Gasteiger partial charge in [0.25, 0.3) is 11.8 Å². The molecule has 0 atom stereocenters. The topological polar surface area (TPSA) is 115 Å². The summed E-state index contributed by atoms with van der Waals surface area (Å²) in [6.45, 7) is -0.337.